The normalized spacial score (nSPS) is 27.6. The molecule has 8 N–H and O–H groups in total. The van der Waals surface area contributed by atoms with Crippen molar-refractivity contribution in [3.63, 3.8) is 0 Å². The number of hydrogen-bond acceptors (Lipinski definition) is 16. The van der Waals surface area contributed by atoms with E-state index in [4.69, 9.17) is 33.2 Å². The average Bonchev–Trinajstić information content (AvgIpc) is 3.84. The minimum absolute atomic E-state index is 0.0645. The zero-order valence-electron chi connectivity index (χ0n) is 43.1. The first kappa shape index (κ1) is 60.9. The first-order chi connectivity index (χ1) is 32.6. The van der Waals surface area contributed by atoms with Gasteiger partial charge >= 0.3 is 7.82 Å². The fourth-order valence-corrected chi connectivity index (χ4v) is 9.64. The van der Waals surface area contributed by atoms with Crippen molar-refractivity contribution < 1.29 is 72.6 Å². The summed E-state index contributed by atoms with van der Waals surface area (Å²) in [7, 11) is 1.12. The molecule has 3 heterocycles. The van der Waals surface area contributed by atoms with Crippen molar-refractivity contribution in [2.75, 3.05) is 41.5 Å². The van der Waals surface area contributed by atoms with Crippen molar-refractivity contribution in [2.24, 2.45) is 23.2 Å². The highest BCUT2D eigenvalue weighted by Gasteiger charge is 2.68. The molecule has 70 heavy (non-hydrogen) atoms. The lowest BCUT2D eigenvalue weighted by Crippen LogP contribution is -2.58. The Morgan fingerprint density at radius 3 is 2.36 bits per heavy atom. The predicted molar refractivity (Wildman–Crippen MR) is 262 cm³/mol. The number of likely N-dealkylation sites (N-methyl/N-ethyl adjacent to an activating group) is 1. The Morgan fingerprint density at radius 2 is 1.76 bits per heavy atom. The number of allylic oxidation sites excluding steroid dienone is 7. The van der Waals surface area contributed by atoms with Gasteiger partial charge in [-0.1, -0.05) is 77.5 Å². The van der Waals surface area contributed by atoms with Crippen LogP contribution in [0, 0.1) is 34.5 Å². The van der Waals surface area contributed by atoms with E-state index in [9.17, 15) is 44.7 Å². The summed E-state index contributed by atoms with van der Waals surface area (Å²) in [6, 6.07) is 1.40. The molecule has 0 aliphatic carbocycles. The number of hydrogen-bond donors (Lipinski definition) is 8. The van der Waals surface area contributed by atoms with Crippen molar-refractivity contribution in [1.82, 2.24) is 15.2 Å². The molecule has 1 aromatic heterocycles. The number of aliphatic hydroxyl groups excluding tert-OH is 5. The van der Waals surface area contributed by atoms with Gasteiger partial charge in [-0.25, -0.2) is 9.55 Å². The van der Waals surface area contributed by atoms with Crippen LogP contribution in [0.25, 0.3) is 6.08 Å². The highest BCUT2D eigenvalue weighted by molar-refractivity contribution is 7.46. The maximum atomic E-state index is 12.6. The van der Waals surface area contributed by atoms with E-state index in [1.165, 1.54) is 26.6 Å². The Balaban J connectivity index is 1.74. The topological polar surface area (TPSA) is 287 Å². The summed E-state index contributed by atoms with van der Waals surface area (Å²) in [6.07, 6.45) is 4.10. The summed E-state index contributed by atoms with van der Waals surface area (Å²) >= 11 is 0. The highest BCUT2D eigenvalue weighted by atomic mass is 31.2. The highest BCUT2D eigenvalue weighted by Crippen LogP contribution is 2.59. The summed E-state index contributed by atoms with van der Waals surface area (Å²) in [4.78, 5) is 39.2. The number of aromatic nitrogens is 1. The molecule has 2 fully saturated rings. The molecule has 2 unspecified atom stereocenters. The fraction of sp³-hybridized carbons (Fsp3) is 0.700. The molecule has 19 nitrogen and oxygen atoms in total. The largest absolute Gasteiger partial charge is 0.469 e. The van der Waals surface area contributed by atoms with E-state index in [-0.39, 0.29) is 44.2 Å². The van der Waals surface area contributed by atoms with Crippen LogP contribution in [-0.4, -0.2) is 159 Å². The van der Waals surface area contributed by atoms with E-state index < -0.39 is 97.7 Å². The van der Waals surface area contributed by atoms with Gasteiger partial charge in [0.1, 0.15) is 30.3 Å². The van der Waals surface area contributed by atoms with Crippen LogP contribution in [0.4, 0.5) is 0 Å². The molecule has 20 heteroatoms. The number of methoxy groups -OCH3 is 2. The number of rotatable bonds is 26. The third-order valence-corrected chi connectivity index (χ3v) is 14.5. The molecule has 2 aliphatic rings. The monoisotopic (exact) mass is 1010 g/mol. The maximum absolute atomic E-state index is 12.6. The molecule has 2 saturated heterocycles. The molecule has 15 atom stereocenters. The lowest BCUT2D eigenvalue weighted by atomic mass is 9.72. The number of aliphatic hydroxyl groups is 5. The number of amides is 1. The summed E-state index contributed by atoms with van der Waals surface area (Å²) in [5.74, 6) is -3.63. The molecule has 1 spiro atoms. The molecule has 3 rings (SSSR count). The Morgan fingerprint density at radius 1 is 1.09 bits per heavy atom. The Bertz CT molecular complexity index is 2080. The summed E-state index contributed by atoms with van der Waals surface area (Å²) < 4.78 is 48.2. The molecule has 396 valence electrons. The van der Waals surface area contributed by atoms with Crippen LogP contribution >= 0.6 is 7.82 Å². The van der Waals surface area contributed by atoms with Gasteiger partial charge in [-0.15, -0.1) is 0 Å². The zero-order valence-corrected chi connectivity index (χ0v) is 44.0. The van der Waals surface area contributed by atoms with E-state index in [1.807, 2.05) is 78.0 Å². The predicted octanol–water partition coefficient (Wildman–Crippen LogP) is 4.69. The Kier molecular flexibility index (Phi) is 23.5. The van der Waals surface area contributed by atoms with Crippen LogP contribution < -0.4 is 5.32 Å². The third kappa shape index (κ3) is 16.3. The van der Waals surface area contributed by atoms with E-state index in [1.54, 1.807) is 45.8 Å². The van der Waals surface area contributed by atoms with Gasteiger partial charge in [0.05, 0.1) is 49.2 Å². The molecule has 2 aliphatic heterocycles. The van der Waals surface area contributed by atoms with Crippen LogP contribution in [0.1, 0.15) is 105 Å². The van der Waals surface area contributed by atoms with Crippen LogP contribution in [0.2, 0.25) is 0 Å². The average molecular weight is 1010 g/mol. The van der Waals surface area contributed by atoms with E-state index in [2.05, 4.69) is 10.3 Å². The second-order valence-corrected chi connectivity index (χ2v) is 21.1. The quantitative estimate of drug-likeness (QED) is 0.0355. The van der Waals surface area contributed by atoms with E-state index in [0.29, 0.717) is 18.0 Å². The number of phosphoric ester groups is 1. The van der Waals surface area contributed by atoms with Crippen LogP contribution in [0.3, 0.4) is 0 Å². The minimum atomic E-state index is -5.15. The molecule has 0 aromatic carbocycles. The number of carbonyl (C=O) groups is 1. The second-order valence-electron chi connectivity index (χ2n) is 19.9. The van der Waals surface area contributed by atoms with E-state index >= 15 is 0 Å². The molecule has 0 saturated carbocycles. The Labute approximate surface area is 414 Å². The molecule has 1 amide bonds. The molecule has 0 bridgehead atoms. The molecular formula is C50H81N4O15P. The third-order valence-electron chi connectivity index (χ3n) is 14.0. The number of nitrogens with zero attached hydrogens (tertiary/aromatic N) is 3. The zero-order chi connectivity index (χ0) is 52.9. The van der Waals surface area contributed by atoms with Gasteiger partial charge in [0, 0.05) is 68.8 Å². The summed E-state index contributed by atoms with van der Waals surface area (Å²) in [6.45, 7) is 16.6. The molecule has 0 radical (unpaired) electrons. The number of nitriles is 1. The lowest BCUT2D eigenvalue weighted by Gasteiger charge is -2.50. The Hall–Kier alpha value is -3.42. The van der Waals surface area contributed by atoms with Crippen molar-refractivity contribution in [3.05, 3.63) is 71.0 Å². The van der Waals surface area contributed by atoms with Crippen LogP contribution in [-0.2, 0) is 32.8 Å². The number of phosphoric acid groups is 1. The van der Waals surface area contributed by atoms with Gasteiger partial charge in [0.2, 0.25) is 0 Å². The molecule has 1 aromatic rings. The van der Waals surface area contributed by atoms with Crippen LogP contribution in [0.15, 0.2) is 63.9 Å². The first-order valence-electron chi connectivity index (χ1n) is 23.8. The maximum Gasteiger partial charge on any atom is 0.469 e. The van der Waals surface area contributed by atoms with Crippen molar-refractivity contribution in [3.8, 4) is 6.07 Å². The standard InChI is InChI=1S/C50H81N4O15P/c1-29(20-22-51)16-14-17-30(2)32(4)24-33(5)42(57)35(7)38(55)25-41(65-13)45-46(69-70(61,62)63)49(8,9)50(68-45)26-39(56)34(6)40(67-50)19-15-18-36-27-66-48(53-36)31(3)21-23-52-47(60)44(59)43(58)37(28-64-12)54(10)11/h14-18,20,24,27,31,33-35,37-46,55-59H,19,21,23,25-26,28H2,1-13H3,(H,52,60)(H2,61,62,63)/b16-14+,18-15+,29-20+,30-17+,32-24+/t31-,33-,34+,35+,37+,38+,39+,40+,41+,42-,43-,44+,45?,46-,50?/m1/s1. The number of ether oxygens (including phenoxy) is 4. The number of nitrogens with one attached hydrogen (secondary N) is 1. The second kappa shape index (κ2) is 27.0. The summed E-state index contributed by atoms with van der Waals surface area (Å²) in [5.41, 5.74) is 1.87. The van der Waals surface area contributed by atoms with Crippen molar-refractivity contribution in [1.29, 1.82) is 5.26 Å². The van der Waals surface area contributed by atoms with Gasteiger partial charge in [-0.2, -0.15) is 5.26 Å². The van der Waals surface area contributed by atoms with E-state index in [0.717, 1.165) is 16.7 Å². The summed E-state index contributed by atoms with van der Waals surface area (Å²) in [5, 5.41) is 67.1. The smallest absolute Gasteiger partial charge is 0.448 e. The minimum Gasteiger partial charge on any atom is -0.448 e. The van der Waals surface area contributed by atoms with Gasteiger partial charge in [-0.3, -0.25) is 9.32 Å². The number of carbonyl (C=O) groups excluding carboxylic acids is 1. The first-order valence-corrected chi connectivity index (χ1v) is 25.4. The lowest BCUT2D eigenvalue weighted by molar-refractivity contribution is -0.334. The van der Waals surface area contributed by atoms with Gasteiger partial charge in [0.25, 0.3) is 5.91 Å². The fourth-order valence-electron chi connectivity index (χ4n) is 8.96. The van der Waals surface area contributed by atoms with Crippen molar-refractivity contribution in [2.45, 2.75) is 161 Å². The van der Waals surface area contributed by atoms with Gasteiger partial charge in [-0.05, 0) is 64.9 Å². The van der Waals surface area contributed by atoms with Crippen LogP contribution in [0.5, 0.6) is 0 Å². The SMILES string of the molecule is COC[C@@H]([C@@H](O)[C@H](O)C(=O)NCC[C@@H](C)c1nc(/C=C/C[C@@H]2OC3(C[C@H](O)[C@@H]2C)OC([C@H](C[C@H](O)[C@H](C)[C@H](O)[C@H](C)/C=C(C)/C(C)=C/C=C/C(C)=C/C#N)OC)[C@@H](OP(=O)(O)O)C3(C)C)co1)N(C)C. The van der Waals surface area contributed by atoms with Crippen molar-refractivity contribution >= 4 is 19.8 Å². The van der Waals surface area contributed by atoms with Gasteiger partial charge < -0.3 is 68.9 Å². The number of oxazole rings is 1. The molecular weight excluding hydrogens is 928 g/mol. The van der Waals surface area contributed by atoms with Gasteiger partial charge in [0.15, 0.2) is 17.8 Å².